The van der Waals surface area contributed by atoms with Crippen LogP contribution in [-0.4, -0.2) is 22.6 Å². The quantitative estimate of drug-likeness (QED) is 0.774. The predicted molar refractivity (Wildman–Crippen MR) is 99.5 cm³/mol. The summed E-state index contributed by atoms with van der Waals surface area (Å²) in [6.45, 7) is 0.658. The fourth-order valence-electron chi connectivity index (χ4n) is 3.46. The monoisotopic (exact) mass is 359 g/mol. The maximum Gasteiger partial charge on any atom is 0.258 e. The first kappa shape index (κ1) is 15.7. The third kappa shape index (κ3) is 2.75. The summed E-state index contributed by atoms with van der Waals surface area (Å²) in [6.07, 6.45) is 1.39. The average Bonchev–Trinajstić information content (AvgIpc) is 3.18. The Morgan fingerprint density at radius 3 is 2.78 bits per heavy atom. The summed E-state index contributed by atoms with van der Waals surface area (Å²) in [4.78, 5) is 19.5. The highest BCUT2D eigenvalue weighted by Crippen LogP contribution is 2.36. The van der Waals surface area contributed by atoms with Crippen molar-refractivity contribution < 1.29 is 14.3 Å². The lowest BCUT2D eigenvalue weighted by Gasteiger charge is -2.37. The molecule has 1 N–H and O–H groups in total. The van der Waals surface area contributed by atoms with Gasteiger partial charge in [-0.05, 0) is 42.0 Å². The third-order valence-corrected chi connectivity index (χ3v) is 4.78. The zero-order chi connectivity index (χ0) is 18.2. The number of rotatable bonds is 3. The van der Waals surface area contributed by atoms with Gasteiger partial charge < -0.3 is 19.7 Å². The largest absolute Gasteiger partial charge is 0.454 e. The minimum atomic E-state index is -0.348. The average molecular weight is 359 g/mol. The van der Waals surface area contributed by atoms with Crippen LogP contribution in [0.4, 0.5) is 5.69 Å². The van der Waals surface area contributed by atoms with Crippen molar-refractivity contribution in [3.8, 4) is 11.5 Å². The summed E-state index contributed by atoms with van der Waals surface area (Å²) >= 11 is 0. The van der Waals surface area contributed by atoms with Crippen LogP contribution in [0.2, 0.25) is 0 Å². The molecule has 3 heterocycles. The van der Waals surface area contributed by atoms with E-state index in [0.29, 0.717) is 17.9 Å². The van der Waals surface area contributed by atoms with E-state index in [1.165, 1.54) is 0 Å². The van der Waals surface area contributed by atoms with Gasteiger partial charge in [0, 0.05) is 18.4 Å². The van der Waals surface area contributed by atoms with E-state index in [1.807, 2.05) is 60.7 Å². The summed E-state index contributed by atoms with van der Waals surface area (Å²) < 4.78 is 10.8. The number of hydrogen-bond acceptors (Lipinski definition) is 5. The molecule has 27 heavy (non-hydrogen) atoms. The highest BCUT2D eigenvalue weighted by atomic mass is 16.7. The van der Waals surface area contributed by atoms with E-state index in [9.17, 15) is 4.79 Å². The molecule has 6 heteroatoms. The van der Waals surface area contributed by atoms with Crippen LogP contribution in [0.15, 0.2) is 66.9 Å². The van der Waals surface area contributed by atoms with E-state index >= 15 is 0 Å². The lowest BCUT2D eigenvalue weighted by Crippen LogP contribution is -2.42. The van der Waals surface area contributed by atoms with Crippen LogP contribution in [0.1, 0.15) is 27.8 Å². The van der Waals surface area contributed by atoms with Gasteiger partial charge in [-0.1, -0.05) is 24.3 Å². The maximum atomic E-state index is 13.2. The van der Waals surface area contributed by atoms with E-state index in [2.05, 4.69) is 10.3 Å². The SMILES string of the molecule is O=C1c2ccccc2N[C@H](c2ccccn2)N1Cc1ccc2c(c1)OCO2. The molecule has 2 aliphatic heterocycles. The van der Waals surface area contributed by atoms with Crippen LogP contribution in [-0.2, 0) is 6.54 Å². The lowest BCUT2D eigenvalue weighted by atomic mass is 10.0. The van der Waals surface area contributed by atoms with Crippen molar-refractivity contribution in [1.82, 2.24) is 9.88 Å². The Kier molecular flexibility index (Phi) is 3.67. The number of para-hydroxylation sites is 1. The summed E-state index contributed by atoms with van der Waals surface area (Å²) in [5, 5.41) is 3.45. The Labute approximate surface area is 156 Å². The number of nitrogens with one attached hydrogen (secondary N) is 1. The Morgan fingerprint density at radius 2 is 1.89 bits per heavy atom. The summed E-state index contributed by atoms with van der Waals surface area (Å²) in [5.74, 6) is 1.41. The molecular formula is C21H17N3O3. The number of carbonyl (C=O) groups is 1. The minimum absolute atomic E-state index is 0.0299. The van der Waals surface area contributed by atoms with E-state index < -0.39 is 0 Å². The van der Waals surface area contributed by atoms with Crippen molar-refractivity contribution in [2.45, 2.75) is 12.7 Å². The number of benzene rings is 2. The first-order valence-electron chi connectivity index (χ1n) is 8.75. The number of ether oxygens (including phenoxy) is 2. The number of carbonyl (C=O) groups excluding carboxylic acids is 1. The van der Waals surface area contributed by atoms with Gasteiger partial charge in [-0.2, -0.15) is 0 Å². The second-order valence-corrected chi connectivity index (χ2v) is 6.47. The molecule has 134 valence electrons. The molecule has 0 radical (unpaired) electrons. The van der Waals surface area contributed by atoms with Crippen molar-refractivity contribution >= 4 is 11.6 Å². The van der Waals surface area contributed by atoms with E-state index in [0.717, 1.165) is 22.7 Å². The summed E-state index contributed by atoms with van der Waals surface area (Å²) in [7, 11) is 0. The number of fused-ring (bicyclic) bond motifs is 2. The van der Waals surface area contributed by atoms with Gasteiger partial charge in [0.15, 0.2) is 11.5 Å². The molecule has 2 aliphatic rings. The molecule has 0 fully saturated rings. The fourth-order valence-corrected chi connectivity index (χ4v) is 3.46. The second-order valence-electron chi connectivity index (χ2n) is 6.47. The van der Waals surface area contributed by atoms with Crippen LogP contribution in [0, 0.1) is 0 Å². The van der Waals surface area contributed by atoms with Crippen LogP contribution >= 0.6 is 0 Å². The van der Waals surface area contributed by atoms with Gasteiger partial charge in [0.05, 0.1) is 11.3 Å². The van der Waals surface area contributed by atoms with Crippen molar-refractivity contribution in [2.24, 2.45) is 0 Å². The molecule has 1 amide bonds. The van der Waals surface area contributed by atoms with Crippen molar-refractivity contribution in [1.29, 1.82) is 0 Å². The molecule has 1 atom stereocenters. The molecule has 0 spiro atoms. The topological polar surface area (TPSA) is 63.7 Å². The molecule has 5 rings (SSSR count). The Balaban J connectivity index is 1.53. The van der Waals surface area contributed by atoms with Crippen LogP contribution in [0.5, 0.6) is 11.5 Å². The molecule has 6 nitrogen and oxygen atoms in total. The van der Waals surface area contributed by atoms with Gasteiger partial charge in [0.2, 0.25) is 6.79 Å². The van der Waals surface area contributed by atoms with Gasteiger partial charge >= 0.3 is 0 Å². The Morgan fingerprint density at radius 1 is 1.04 bits per heavy atom. The second kappa shape index (κ2) is 6.32. The van der Waals surface area contributed by atoms with E-state index in [4.69, 9.17) is 9.47 Å². The summed E-state index contributed by atoms with van der Waals surface area (Å²) in [5.41, 5.74) is 3.24. The summed E-state index contributed by atoms with van der Waals surface area (Å²) in [6, 6.07) is 19.0. The number of aromatic nitrogens is 1. The number of nitrogens with zero attached hydrogens (tertiary/aromatic N) is 2. The molecule has 2 aromatic carbocycles. The molecule has 3 aromatic rings. The van der Waals surface area contributed by atoms with Gasteiger partial charge in [-0.25, -0.2) is 0 Å². The first-order valence-corrected chi connectivity index (χ1v) is 8.75. The highest BCUT2D eigenvalue weighted by Gasteiger charge is 2.33. The normalized spacial score (nSPS) is 17.4. The molecular weight excluding hydrogens is 342 g/mol. The molecule has 1 aromatic heterocycles. The highest BCUT2D eigenvalue weighted by molar-refractivity contribution is 6.01. The van der Waals surface area contributed by atoms with Crippen molar-refractivity contribution in [3.63, 3.8) is 0 Å². The van der Waals surface area contributed by atoms with Gasteiger partial charge in [-0.15, -0.1) is 0 Å². The van der Waals surface area contributed by atoms with Gasteiger partial charge in [-0.3, -0.25) is 9.78 Å². The van der Waals surface area contributed by atoms with Gasteiger partial charge in [0.25, 0.3) is 5.91 Å². The van der Waals surface area contributed by atoms with Crippen molar-refractivity contribution in [3.05, 3.63) is 83.7 Å². The zero-order valence-electron chi connectivity index (χ0n) is 14.5. The Bertz CT molecular complexity index is 1010. The fraction of sp³-hybridized carbons (Fsp3) is 0.143. The number of hydrogen-bond donors (Lipinski definition) is 1. The predicted octanol–water partition coefficient (Wildman–Crippen LogP) is 3.58. The molecule has 0 bridgehead atoms. The lowest BCUT2D eigenvalue weighted by molar-refractivity contribution is 0.0662. The zero-order valence-corrected chi connectivity index (χ0v) is 14.5. The van der Waals surface area contributed by atoms with Gasteiger partial charge in [0.1, 0.15) is 6.17 Å². The molecule has 0 saturated carbocycles. The van der Waals surface area contributed by atoms with Crippen molar-refractivity contribution in [2.75, 3.05) is 12.1 Å². The minimum Gasteiger partial charge on any atom is -0.454 e. The first-order chi connectivity index (χ1) is 13.3. The third-order valence-electron chi connectivity index (χ3n) is 4.78. The molecule has 0 unspecified atom stereocenters. The van der Waals surface area contributed by atoms with E-state index in [-0.39, 0.29) is 18.9 Å². The number of amides is 1. The molecule has 0 aliphatic carbocycles. The van der Waals surface area contributed by atoms with Crippen LogP contribution < -0.4 is 14.8 Å². The van der Waals surface area contributed by atoms with Crippen LogP contribution in [0.25, 0.3) is 0 Å². The number of anilines is 1. The van der Waals surface area contributed by atoms with E-state index in [1.54, 1.807) is 11.1 Å². The number of pyridine rings is 1. The Hall–Kier alpha value is -3.54. The molecule has 0 saturated heterocycles. The smallest absolute Gasteiger partial charge is 0.258 e. The standard InChI is InChI=1S/C21H17N3O3/c25-21-15-5-1-2-6-16(15)23-20(17-7-3-4-10-22-17)24(21)12-14-8-9-18-19(11-14)27-13-26-18/h1-11,20,23H,12-13H2/t20-/m0/s1. The van der Waals surface area contributed by atoms with Crippen LogP contribution in [0.3, 0.4) is 0 Å². The maximum absolute atomic E-state index is 13.2.